The second-order valence-corrected chi connectivity index (χ2v) is 6.56. The summed E-state index contributed by atoms with van der Waals surface area (Å²) in [5.74, 6) is 1.29. The van der Waals surface area contributed by atoms with Crippen LogP contribution in [0.25, 0.3) is 22.3 Å². The van der Waals surface area contributed by atoms with E-state index in [0.29, 0.717) is 11.7 Å². The topological polar surface area (TPSA) is 69.6 Å². The van der Waals surface area contributed by atoms with E-state index in [0.717, 1.165) is 23.9 Å². The zero-order chi connectivity index (χ0) is 16.6. The van der Waals surface area contributed by atoms with E-state index < -0.39 is 0 Å². The molecule has 3 rings (SSSR count). The van der Waals surface area contributed by atoms with Crippen LogP contribution in [0.1, 0.15) is 25.8 Å². The summed E-state index contributed by atoms with van der Waals surface area (Å²) in [4.78, 5) is 12.3. The van der Waals surface area contributed by atoms with Gasteiger partial charge in [-0.05, 0) is 43.0 Å². The summed E-state index contributed by atoms with van der Waals surface area (Å²) in [6, 6.07) is 6.40. The third-order valence-electron chi connectivity index (χ3n) is 3.85. The van der Waals surface area contributed by atoms with Crippen molar-refractivity contribution in [2.75, 3.05) is 5.73 Å². The molecule has 2 N–H and O–H groups in total. The zero-order valence-electron chi connectivity index (χ0n) is 13.5. The molecular formula is C17H20ClN5. The van der Waals surface area contributed by atoms with Gasteiger partial charge in [0.15, 0.2) is 5.82 Å². The summed E-state index contributed by atoms with van der Waals surface area (Å²) < 4.78 is 2.25. The lowest BCUT2D eigenvalue weighted by Gasteiger charge is -2.07. The van der Waals surface area contributed by atoms with Crippen molar-refractivity contribution in [1.82, 2.24) is 19.5 Å². The highest BCUT2D eigenvalue weighted by Crippen LogP contribution is 2.30. The Morgan fingerprint density at radius 2 is 2.00 bits per heavy atom. The molecule has 5 nitrogen and oxygen atoms in total. The second kappa shape index (κ2) is 6.16. The molecule has 23 heavy (non-hydrogen) atoms. The molecule has 3 aromatic rings. The minimum absolute atomic E-state index is 0.114. The lowest BCUT2D eigenvalue weighted by Crippen LogP contribution is -2.00. The van der Waals surface area contributed by atoms with Crippen molar-refractivity contribution in [1.29, 1.82) is 0 Å². The van der Waals surface area contributed by atoms with E-state index in [1.807, 2.05) is 0 Å². The Morgan fingerprint density at radius 1 is 1.22 bits per heavy atom. The van der Waals surface area contributed by atoms with Gasteiger partial charge in [-0.25, -0.2) is 0 Å². The molecule has 120 valence electrons. The highest BCUT2D eigenvalue weighted by Gasteiger charge is 2.14. The molecule has 0 aliphatic heterocycles. The molecule has 6 heteroatoms. The summed E-state index contributed by atoms with van der Waals surface area (Å²) in [6.07, 6.45) is 3.19. The Hall–Kier alpha value is -2.14. The van der Waals surface area contributed by atoms with E-state index in [1.54, 1.807) is 0 Å². The number of nitrogen functional groups attached to an aromatic ring is 1. The van der Waals surface area contributed by atoms with Gasteiger partial charge in [-0.1, -0.05) is 25.5 Å². The quantitative estimate of drug-likeness (QED) is 0.782. The molecule has 0 unspecified atom stereocenters. The molecule has 1 aromatic carbocycles. The Balaban J connectivity index is 2.17. The highest BCUT2D eigenvalue weighted by atomic mass is 35.5. The number of aryl methyl sites for hydroxylation is 2. The molecule has 0 saturated carbocycles. The first-order valence-electron chi connectivity index (χ1n) is 7.71. The number of hydrogen-bond acceptors (Lipinski definition) is 4. The normalized spacial score (nSPS) is 11.5. The van der Waals surface area contributed by atoms with Gasteiger partial charge in [0.25, 0.3) is 0 Å². The number of fused-ring (bicyclic) bond motifs is 1. The van der Waals surface area contributed by atoms with Gasteiger partial charge in [0, 0.05) is 29.2 Å². The van der Waals surface area contributed by atoms with Crippen LogP contribution in [0.5, 0.6) is 0 Å². The van der Waals surface area contributed by atoms with Crippen LogP contribution < -0.4 is 5.73 Å². The van der Waals surface area contributed by atoms with Gasteiger partial charge in [-0.3, -0.25) is 0 Å². The standard InChI is InChI=1S/C17H20ClN5/c1-10(2)6-7-23-9-13(12-8-11(3)4-5-14(12)23)15-20-16(18)22-17(19)21-15/h4-5,8-10H,6-7H2,1-3H3,(H2,19,20,21,22). The maximum atomic E-state index is 5.94. The minimum atomic E-state index is 0.114. The molecule has 0 fully saturated rings. The number of nitrogens with zero attached hydrogens (tertiary/aromatic N) is 4. The Labute approximate surface area is 140 Å². The average molecular weight is 330 g/mol. The number of benzene rings is 1. The van der Waals surface area contributed by atoms with Crippen LogP contribution in [0, 0.1) is 12.8 Å². The average Bonchev–Trinajstić information content (AvgIpc) is 2.82. The molecule has 0 amide bonds. The predicted molar refractivity (Wildman–Crippen MR) is 94.4 cm³/mol. The highest BCUT2D eigenvalue weighted by molar-refractivity contribution is 6.28. The number of hydrogen-bond donors (Lipinski definition) is 1. The van der Waals surface area contributed by atoms with Gasteiger partial charge in [0.05, 0.1) is 0 Å². The van der Waals surface area contributed by atoms with Crippen molar-refractivity contribution in [2.24, 2.45) is 5.92 Å². The van der Waals surface area contributed by atoms with Crippen LogP contribution in [-0.2, 0) is 6.54 Å². The zero-order valence-corrected chi connectivity index (χ0v) is 14.3. The van der Waals surface area contributed by atoms with Crippen molar-refractivity contribution >= 4 is 28.5 Å². The molecule has 0 aliphatic carbocycles. The van der Waals surface area contributed by atoms with Gasteiger partial charge in [0.2, 0.25) is 11.2 Å². The summed E-state index contributed by atoms with van der Waals surface area (Å²) in [5, 5.41) is 1.22. The first-order valence-corrected chi connectivity index (χ1v) is 8.08. The third-order valence-corrected chi connectivity index (χ3v) is 4.02. The van der Waals surface area contributed by atoms with Gasteiger partial charge in [0.1, 0.15) is 0 Å². The third kappa shape index (κ3) is 3.29. The molecule has 0 bridgehead atoms. The second-order valence-electron chi connectivity index (χ2n) is 6.23. The SMILES string of the molecule is Cc1ccc2c(c1)c(-c1nc(N)nc(Cl)n1)cn2CCC(C)C. The Kier molecular flexibility index (Phi) is 4.22. The molecule has 0 atom stereocenters. The molecule has 0 spiro atoms. The molecule has 0 radical (unpaired) electrons. The van der Waals surface area contributed by atoms with Gasteiger partial charge >= 0.3 is 0 Å². The molecular weight excluding hydrogens is 310 g/mol. The van der Waals surface area contributed by atoms with Crippen molar-refractivity contribution in [3.05, 3.63) is 35.2 Å². The summed E-state index contributed by atoms with van der Waals surface area (Å²) in [7, 11) is 0. The number of halogens is 1. The van der Waals surface area contributed by atoms with Crippen molar-refractivity contribution < 1.29 is 0 Å². The molecule has 0 saturated heterocycles. The lowest BCUT2D eigenvalue weighted by molar-refractivity contribution is 0.524. The van der Waals surface area contributed by atoms with E-state index >= 15 is 0 Å². The van der Waals surface area contributed by atoms with E-state index in [1.165, 1.54) is 11.1 Å². The van der Waals surface area contributed by atoms with Crippen molar-refractivity contribution in [3.8, 4) is 11.4 Å². The first-order chi connectivity index (χ1) is 10.9. The van der Waals surface area contributed by atoms with Crippen molar-refractivity contribution in [2.45, 2.75) is 33.7 Å². The van der Waals surface area contributed by atoms with E-state index in [9.17, 15) is 0 Å². The van der Waals surface area contributed by atoms with Crippen LogP contribution in [0.15, 0.2) is 24.4 Å². The van der Waals surface area contributed by atoms with E-state index in [-0.39, 0.29) is 11.2 Å². The Bertz CT molecular complexity index is 833. The van der Waals surface area contributed by atoms with Crippen LogP contribution >= 0.6 is 11.6 Å². The van der Waals surface area contributed by atoms with Gasteiger partial charge in [-0.15, -0.1) is 0 Å². The number of anilines is 1. The Morgan fingerprint density at radius 3 is 2.70 bits per heavy atom. The maximum Gasteiger partial charge on any atom is 0.227 e. The van der Waals surface area contributed by atoms with Crippen LogP contribution in [0.2, 0.25) is 5.28 Å². The van der Waals surface area contributed by atoms with Crippen LogP contribution in [0.3, 0.4) is 0 Å². The summed E-state index contributed by atoms with van der Waals surface area (Å²) in [5.41, 5.74) is 9.01. The molecule has 2 aromatic heterocycles. The van der Waals surface area contributed by atoms with E-state index in [2.05, 4.69) is 64.7 Å². The fraction of sp³-hybridized carbons (Fsp3) is 0.353. The monoisotopic (exact) mass is 329 g/mol. The maximum absolute atomic E-state index is 5.94. The minimum Gasteiger partial charge on any atom is -0.368 e. The predicted octanol–water partition coefficient (Wildman–Crippen LogP) is 4.08. The van der Waals surface area contributed by atoms with E-state index in [4.69, 9.17) is 17.3 Å². The van der Waals surface area contributed by atoms with Gasteiger partial charge in [-0.2, -0.15) is 15.0 Å². The van der Waals surface area contributed by atoms with Crippen LogP contribution in [-0.4, -0.2) is 19.5 Å². The number of nitrogens with two attached hydrogens (primary N) is 1. The summed E-state index contributed by atoms with van der Waals surface area (Å²) >= 11 is 5.94. The largest absolute Gasteiger partial charge is 0.368 e. The summed E-state index contributed by atoms with van der Waals surface area (Å²) in [6.45, 7) is 7.47. The lowest BCUT2D eigenvalue weighted by atomic mass is 10.1. The number of aromatic nitrogens is 4. The number of rotatable bonds is 4. The fourth-order valence-corrected chi connectivity index (χ4v) is 2.82. The fourth-order valence-electron chi connectivity index (χ4n) is 2.66. The molecule has 2 heterocycles. The van der Waals surface area contributed by atoms with Crippen LogP contribution in [0.4, 0.5) is 5.95 Å². The smallest absolute Gasteiger partial charge is 0.227 e. The van der Waals surface area contributed by atoms with Crippen molar-refractivity contribution in [3.63, 3.8) is 0 Å². The first kappa shape index (κ1) is 15.7. The molecule has 0 aliphatic rings. The van der Waals surface area contributed by atoms with Gasteiger partial charge < -0.3 is 10.3 Å².